The SMILES string of the molecule is CCS(=O)(=O)c1ccc(NC(=O)c2cccc(NC(=O)c3ccc(Br)o3)c2)cc1. The number of carbonyl (C=O) groups is 2. The summed E-state index contributed by atoms with van der Waals surface area (Å²) in [6.07, 6.45) is 0. The first kappa shape index (κ1) is 20.8. The van der Waals surface area contributed by atoms with Crippen LogP contribution in [0, 0.1) is 0 Å². The van der Waals surface area contributed by atoms with Gasteiger partial charge in [0, 0.05) is 16.9 Å². The fraction of sp³-hybridized carbons (Fsp3) is 0.100. The van der Waals surface area contributed by atoms with Crippen molar-refractivity contribution < 1.29 is 22.4 Å². The monoisotopic (exact) mass is 476 g/mol. The van der Waals surface area contributed by atoms with E-state index in [4.69, 9.17) is 4.42 Å². The third kappa shape index (κ3) is 5.12. The molecule has 0 bridgehead atoms. The van der Waals surface area contributed by atoms with Gasteiger partial charge in [-0.3, -0.25) is 9.59 Å². The first-order valence-electron chi connectivity index (χ1n) is 8.59. The van der Waals surface area contributed by atoms with Crippen LogP contribution in [-0.4, -0.2) is 26.0 Å². The second-order valence-electron chi connectivity index (χ2n) is 6.02. The van der Waals surface area contributed by atoms with Crippen LogP contribution in [0.15, 0.2) is 74.6 Å². The fourth-order valence-corrected chi connectivity index (χ4v) is 3.67. The van der Waals surface area contributed by atoms with Crippen molar-refractivity contribution in [1.82, 2.24) is 0 Å². The molecule has 1 aromatic heterocycles. The predicted molar refractivity (Wildman–Crippen MR) is 113 cm³/mol. The molecule has 7 nitrogen and oxygen atoms in total. The van der Waals surface area contributed by atoms with Crippen molar-refractivity contribution in [1.29, 1.82) is 0 Å². The molecule has 0 atom stereocenters. The molecule has 29 heavy (non-hydrogen) atoms. The standard InChI is InChI=1S/C20H17BrN2O5S/c1-2-29(26,27)16-8-6-14(7-9-16)22-19(24)13-4-3-5-15(12-13)23-20(25)17-10-11-18(21)28-17/h3-12H,2H2,1H3,(H,22,24)(H,23,25). The number of benzene rings is 2. The topological polar surface area (TPSA) is 105 Å². The van der Waals surface area contributed by atoms with E-state index < -0.39 is 21.7 Å². The first-order valence-corrected chi connectivity index (χ1v) is 11.0. The summed E-state index contributed by atoms with van der Waals surface area (Å²) in [7, 11) is -3.30. The quantitative estimate of drug-likeness (QED) is 0.550. The molecular weight excluding hydrogens is 460 g/mol. The van der Waals surface area contributed by atoms with Crippen LogP contribution in [0.2, 0.25) is 0 Å². The Balaban J connectivity index is 1.70. The van der Waals surface area contributed by atoms with Gasteiger partial charge in [-0.15, -0.1) is 0 Å². The van der Waals surface area contributed by atoms with Gasteiger partial charge in [0.1, 0.15) is 0 Å². The predicted octanol–water partition coefficient (Wildman–Crippen LogP) is 4.34. The second-order valence-corrected chi connectivity index (χ2v) is 9.08. The van der Waals surface area contributed by atoms with Crippen molar-refractivity contribution in [3.63, 3.8) is 0 Å². The molecule has 9 heteroatoms. The molecule has 0 aliphatic heterocycles. The lowest BCUT2D eigenvalue weighted by atomic mass is 10.1. The Kier molecular flexibility index (Phi) is 6.19. The van der Waals surface area contributed by atoms with E-state index in [9.17, 15) is 18.0 Å². The van der Waals surface area contributed by atoms with Crippen molar-refractivity contribution in [3.8, 4) is 0 Å². The summed E-state index contributed by atoms with van der Waals surface area (Å²) in [5.74, 6) is -0.700. The third-order valence-corrected chi connectivity index (χ3v) is 6.21. The molecule has 1 heterocycles. The smallest absolute Gasteiger partial charge is 0.291 e. The minimum atomic E-state index is -3.30. The molecule has 3 aromatic rings. The number of hydrogen-bond donors (Lipinski definition) is 2. The van der Waals surface area contributed by atoms with Crippen LogP contribution in [0.25, 0.3) is 0 Å². The van der Waals surface area contributed by atoms with Gasteiger partial charge in [-0.25, -0.2) is 8.42 Å². The zero-order valence-corrected chi connectivity index (χ0v) is 17.7. The maximum atomic E-state index is 12.5. The van der Waals surface area contributed by atoms with Crippen molar-refractivity contribution in [2.24, 2.45) is 0 Å². The molecule has 2 N–H and O–H groups in total. The second kappa shape index (κ2) is 8.62. The molecule has 3 rings (SSSR count). The van der Waals surface area contributed by atoms with Gasteiger partial charge in [-0.2, -0.15) is 0 Å². The molecule has 0 spiro atoms. The lowest BCUT2D eigenvalue weighted by molar-refractivity contribution is 0.0992. The average molecular weight is 477 g/mol. The highest BCUT2D eigenvalue weighted by Crippen LogP contribution is 2.19. The van der Waals surface area contributed by atoms with Crippen molar-refractivity contribution in [2.75, 3.05) is 16.4 Å². The summed E-state index contributed by atoms with van der Waals surface area (Å²) in [4.78, 5) is 24.9. The maximum Gasteiger partial charge on any atom is 0.291 e. The number of carbonyl (C=O) groups excluding carboxylic acids is 2. The number of amides is 2. The van der Waals surface area contributed by atoms with Gasteiger partial charge in [-0.05, 0) is 70.5 Å². The summed E-state index contributed by atoms with van der Waals surface area (Å²) in [6.45, 7) is 1.57. The van der Waals surface area contributed by atoms with Crippen LogP contribution in [0.3, 0.4) is 0 Å². The van der Waals surface area contributed by atoms with Crippen molar-refractivity contribution in [3.05, 3.63) is 76.7 Å². The Morgan fingerprint density at radius 3 is 2.24 bits per heavy atom. The van der Waals surface area contributed by atoms with E-state index in [1.54, 1.807) is 31.2 Å². The zero-order valence-electron chi connectivity index (χ0n) is 15.3. The van der Waals surface area contributed by atoms with E-state index in [-0.39, 0.29) is 16.4 Å². The van der Waals surface area contributed by atoms with Crippen molar-refractivity contribution >= 4 is 49.0 Å². The minimum absolute atomic E-state index is 0.00613. The van der Waals surface area contributed by atoms with E-state index in [2.05, 4.69) is 26.6 Å². The number of furan rings is 1. The number of anilines is 2. The first-order chi connectivity index (χ1) is 13.8. The third-order valence-electron chi connectivity index (χ3n) is 4.03. The van der Waals surface area contributed by atoms with Gasteiger partial charge in [0.2, 0.25) is 0 Å². The highest BCUT2D eigenvalue weighted by molar-refractivity contribution is 9.10. The van der Waals surface area contributed by atoms with Gasteiger partial charge in [-0.1, -0.05) is 13.0 Å². The molecule has 2 aromatic carbocycles. The van der Waals surface area contributed by atoms with E-state index >= 15 is 0 Å². The van der Waals surface area contributed by atoms with Gasteiger partial charge in [0.05, 0.1) is 10.6 Å². The molecule has 0 aliphatic rings. The summed E-state index contributed by atoms with van der Waals surface area (Å²) in [5, 5.41) is 5.36. The van der Waals surface area contributed by atoms with Crippen LogP contribution in [0.4, 0.5) is 11.4 Å². The van der Waals surface area contributed by atoms with Crippen LogP contribution in [0.5, 0.6) is 0 Å². The number of sulfone groups is 1. The van der Waals surface area contributed by atoms with Gasteiger partial charge < -0.3 is 15.1 Å². The number of hydrogen-bond acceptors (Lipinski definition) is 5. The average Bonchev–Trinajstić information content (AvgIpc) is 3.15. The highest BCUT2D eigenvalue weighted by Gasteiger charge is 2.14. The van der Waals surface area contributed by atoms with Gasteiger partial charge >= 0.3 is 0 Å². The molecule has 0 fully saturated rings. The maximum absolute atomic E-state index is 12.5. The molecule has 0 saturated heterocycles. The van der Waals surface area contributed by atoms with E-state index in [1.165, 1.54) is 36.4 Å². The summed E-state index contributed by atoms with van der Waals surface area (Å²) in [5.41, 5.74) is 1.22. The summed E-state index contributed by atoms with van der Waals surface area (Å²) in [6, 6.07) is 15.5. The van der Waals surface area contributed by atoms with Crippen molar-refractivity contribution in [2.45, 2.75) is 11.8 Å². The summed E-state index contributed by atoms with van der Waals surface area (Å²) >= 11 is 3.13. The Labute approximate surface area is 176 Å². The molecule has 0 radical (unpaired) electrons. The molecule has 150 valence electrons. The Bertz CT molecular complexity index is 1150. The molecule has 0 aliphatic carbocycles. The number of nitrogens with one attached hydrogen (secondary N) is 2. The Morgan fingerprint density at radius 2 is 1.62 bits per heavy atom. The largest absolute Gasteiger partial charge is 0.444 e. The number of halogens is 1. The Hall–Kier alpha value is -2.91. The van der Waals surface area contributed by atoms with Gasteiger partial charge in [0.15, 0.2) is 20.3 Å². The molecule has 0 unspecified atom stereocenters. The normalized spacial score (nSPS) is 11.1. The summed E-state index contributed by atoms with van der Waals surface area (Å²) < 4.78 is 29.3. The van der Waals surface area contributed by atoms with Crippen LogP contribution >= 0.6 is 15.9 Å². The van der Waals surface area contributed by atoms with Gasteiger partial charge in [0.25, 0.3) is 11.8 Å². The van der Waals surface area contributed by atoms with Crippen LogP contribution < -0.4 is 10.6 Å². The fourth-order valence-electron chi connectivity index (χ4n) is 2.48. The van der Waals surface area contributed by atoms with E-state index in [1.807, 2.05) is 0 Å². The van der Waals surface area contributed by atoms with Crippen LogP contribution in [-0.2, 0) is 9.84 Å². The zero-order chi connectivity index (χ0) is 21.0. The van der Waals surface area contributed by atoms with E-state index in [0.717, 1.165) is 0 Å². The van der Waals surface area contributed by atoms with E-state index in [0.29, 0.717) is 21.6 Å². The minimum Gasteiger partial charge on any atom is -0.444 e. The Morgan fingerprint density at radius 1 is 0.931 bits per heavy atom. The lowest BCUT2D eigenvalue weighted by Gasteiger charge is -2.09. The highest BCUT2D eigenvalue weighted by atomic mass is 79.9. The molecule has 2 amide bonds. The molecule has 0 saturated carbocycles. The lowest BCUT2D eigenvalue weighted by Crippen LogP contribution is -2.14. The van der Waals surface area contributed by atoms with Crippen LogP contribution in [0.1, 0.15) is 27.8 Å². The molecular formula is C20H17BrN2O5S. The number of rotatable bonds is 6.